The van der Waals surface area contributed by atoms with E-state index >= 15 is 0 Å². The summed E-state index contributed by atoms with van der Waals surface area (Å²) in [5.74, 6) is -0.567. The van der Waals surface area contributed by atoms with Crippen LogP contribution in [0.4, 0.5) is 0 Å². The Kier molecular flexibility index (Phi) is 4.20. The van der Waals surface area contributed by atoms with Crippen LogP contribution < -0.4 is 5.48 Å². The highest BCUT2D eigenvalue weighted by atomic mass is 16.7. The number of hydrogen-bond acceptors (Lipinski definition) is 4. The molecule has 0 spiro atoms. The van der Waals surface area contributed by atoms with Crippen molar-refractivity contribution in [3.05, 3.63) is 29.6 Å². The van der Waals surface area contributed by atoms with Crippen molar-refractivity contribution < 1.29 is 14.7 Å². The molecule has 0 aliphatic rings. The predicted molar refractivity (Wildman–Crippen MR) is 53.6 cm³/mol. The van der Waals surface area contributed by atoms with Crippen LogP contribution >= 0.6 is 0 Å². The van der Waals surface area contributed by atoms with Gasteiger partial charge in [0, 0.05) is 5.69 Å². The Morgan fingerprint density at radius 2 is 2.40 bits per heavy atom. The van der Waals surface area contributed by atoms with Crippen molar-refractivity contribution in [2.75, 3.05) is 0 Å². The first-order valence-corrected chi connectivity index (χ1v) is 4.62. The predicted octanol–water partition coefficient (Wildman–Crippen LogP) is 0.319. The summed E-state index contributed by atoms with van der Waals surface area (Å²) in [6, 6.07) is 5.52. The number of aliphatic hydroxyl groups is 1. The Morgan fingerprint density at radius 1 is 1.67 bits per heavy atom. The number of aliphatic hydroxyl groups excluding tert-OH is 1. The number of carbonyl (C=O) groups is 1. The van der Waals surface area contributed by atoms with Gasteiger partial charge >= 0.3 is 0 Å². The van der Waals surface area contributed by atoms with Gasteiger partial charge in [-0.15, -0.1) is 0 Å². The summed E-state index contributed by atoms with van der Waals surface area (Å²) in [5, 5.41) is 8.85. The monoisotopic (exact) mass is 210 g/mol. The number of hydrogen-bond donors (Lipinski definition) is 2. The quantitative estimate of drug-likeness (QED) is 0.702. The summed E-state index contributed by atoms with van der Waals surface area (Å²) in [4.78, 5) is 19.9. The highest BCUT2D eigenvalue weighted by Gasteiger charge is 2.07. The van der Waals surface area contributed by atoms with Gasteiger partial charge in [-0.3, -0.25) is 14.6 Å². The molecule has 0 fully saturated rings. The second-order valence-electron chi connectivity index (χ2n) is 3.20. The minimum Gasteiger partial charge on any atom is -0.383 e. The Morgan fingerprint density at radius 3 is 3.00 bits per heavy atom. The number of nitrogens with zero attached hydrogens (tertiary/aromatic N) is 1. The Labute approximate surface area is 88.0 Å². The van der Waals surface area contributed by atoms with E-state index in [0.29, 0.717) is 0 Å². The van der Waals surface area contributed by atoms with Crippen LogP contribution in [0.15, 0.2) is 18.2 Å². The lowest BCUT2D eigenvalue weighted by atomic mass is 10.3. The highest BCUT2D eigenvalue weighted by Crippen LogP contribution is 1.98. The second-order valence-corrected chi connectivity index (χ2v) is 3.20. The third-order valence-corrected chi connectivity index (χ3v) is 1.72. The highest BCUT2D eigenvalue weighted by molar-refractivity contribution is 5.78. The topological polar surface area (TPSA) is 71.5 Å². The number of pyridine rings is 1. The van der Waals surface area contributed by atoms with Gasteiger partial charge in [0.25, 0.3) is 5.91 Å². The number of amides is 1. The fourth-order valence-electron chi connectivity index (χ4n) is 0.946. The maximum Gasteiger partial charge on any atom is 0.272 e. The molecule has 2 N–H and O–H groups in total. The van der Waals surface area contributed by atoms with Gasteiger partial charge in [0.05, 0.1) is 5.69 Å². The van der Waals surface area contributed by atoms with E-state index in [0.717, 1.165) is 11.4 Å². The molecule has 0 aliphatic carbocycles. The van der Waals surface area contributed by atoms with Crippen molar-refractivity contribution >= 4 is 5.91 Å². The molecule has 0 saturated carbocycles. The molecule has 1 aromatic rings. The number of carbonyl (C=O) groups excluding carboxylic acids is 1. The van der Waals surface area contributed by atoms with E-state index in [1.54, 1.807) is 6.07 Å². The van der Waals surface area contributed by atoms with Gasteiger partial charge in [-0.25, -0.2) is 5.48 Å². The minimum absolute atomic E-state index is 0.181. The molecule has 15 heavy (non-hydrogen) atoms. The third-order valence-electron chi connectivity index (χ3n) is 1.72. The molecule has 1 aromatic heterocycles. The van der Waals surface area contributed by atoms with Gasteiger partial charge in [0.2, 0.25) is 0 Å². The SMILES string of the molecule is Cc1cccc(CONC(=O)C(C)O)n1. The summed E-state index contributed by atoms with van der Waals surface area (Å²) in [5.41, 5.74) is 3.73. The number of aryl methyl sites for hydroxylation is 1. The maximum absolute atomic E-state index is 10.9. The zero-order chi connectivity index (χ0) is 11.3. The van der Waals surface area contributed by atoms with Gasteiger partial charge in [-0.1, -0.05) is 6.07 Å². The Hall–Kier alpha value is -1.46. The molecule has 5 nitrogen and oxygen atoms in total. The Bertz CT molecular complexity index is 339. The average Bonchev–Trinajstić information content (AvgIpc) is 2.17. The molecule has 0 saturated heterocycles. The number of nitrogens with one attached hydrogen (secondary N) is 1. The molecule has 0 bridgehead atoms. The molecule has 82 valence electrons. The van der Waals surface area contributed by atoms with Gasteiger partial charge in [0.15, 0.2) is 0 Å². The van der Waals surface area contributed by atoms with Crippen molar-refractivity contribution in [2.45, 2.75) is 26.6 Å². The summed E-state index contributed by atoms with van der Waals surface area (Å²) >= 11 is 0. The van der Waals surface area contributed by atoms with E-state index in [2.05, 4.69) is 10.5 Å². The number of aromatic nitrogens is 1. The molecule has 5 heteroatoms. The summed E-state index contributed by atoms with van der Waals surface area (Å²) in [6.07, 6.45) is -1.07. The standard InChI is InChI=1S/C10H14N2O3/c1-7-4-3-5-9(11-7)6-15-12-10(14)8(2)13/h3-5,8,13H,6H2,1-2H3,(H,12,14). The fraction of sp³-hybridized carbons (Fsp3) is 0.400. The van der Waals surface area contributed by atoms with Gasteiger partial charge in [0.1, 0.15) is 12.7 Å². The Balaban J connectivity index is 2.35. The lowest BCUT2D eigenvalue weighted by molar-refractivity contribution is -0.142. The van der Waals surface area contributed by atoms with E-state index in [1.165, 1.54) is 6.92 Å². The minimum atomic E-state index is -1.07. The zero-order valence-electron chi connectivity index (χ0n) is 8.73. The molecule has 0 aromatic carbocycles. The van der Waals surface area contributed by atoms with Crippen molar-refractivity contribution in [1.29, 1.82) is 0 Å². The van der Waals surface area contributed by atoms with Crippen LogP contribution in [-0.4, -0.2) is 22.1 Å². The molecular formula is C10H14N2O3. The lowest BCUT2D eigenvalue weighted by Gasteiger charge is -2.07. The average molecular weight is 210 g/mol. The zero-order valence-corrected chi connectivity index (χ0v) is 8.73. The molecule has 1 amide bonds. The molecule has 1 rings (SSSR count). The first-order chi connectivity index (χ1) is 7.09. The molecular weight excluding hydrogens is 196 g/mol. The fourth-order valence-corrected chi connectivity index (χ4v) is 0.946. The van der Waals surface area contributed by atoms with Crippen LogP contribution in [0.2, 0.25) is 0 Å². The van der Waals surface area contributed by atoms with E-state index in [1.807, 2.05) is 19.1 Å². The van der Waals surface area contributed by atoms with Crippen LogP contribution in [0.5, 0.6) is 0 Å². The number of rotatable bonds is 4. The van der Waals surface area contributed by atoms with Gasteiger partial charge in [-0.05, 0) is 26.0 Å². The van der Waals surface area contributed by atoms with E-state index < -0.39 is 12.0 Å². The van der Waals surface area contributed by atoms with E-state index in [-0.39, 0.29) is 6.61 Å². The van der Waals surface area contributed by atoms with Crippen LogP contribution in [0.1, 0.15) is 18.3 Å². The maximum atomic E-state index is 10.9. The van der Waals surface area contributed by atoms with Gasteiger partial charge < -0.3 is 5.11 Å². The molecule has 0 radical (unpaired) electrons. The third kappa shape index (κ3) is 4.05. The summed E-state index contributed by atoms with van der Waals surface area (Å²) in [6.45, 7) is 3.42. The smallest absolute Gasteiger partial charge is 0.272 e. The second kappa shape index (κ2) is 5.43. The van der Waals surface area contributed by atoms with Crippen molar-refractivity contribution in [3.8, 4) is 0 Å². The normalized spacial score (nSPS) is 12.2. The first-order valence-electron chi connectivity index (χ1n) is 4.62. The van der Waals surface area contributed by atoms with E-state index in [4.69, 9.17) is 9.94 Å². The first kappa shape index (κ1) is 11.6. The summed E-state index contributed by atoms with van der Waals surface area (Å²) in [7, 11) is 0. The summed E-state index contributed by atoms with van der Waals surface area (Å²) < 4.78 is 0. The molecule has 1 heterocycles. The van der Waals surface area contributed by atoms with Gasteiger partial charge in [-0.2, -0.15) is 0 Å². The largest absolute Gasteiger partial charge is 0.383 e. The van der Waals surface area contributed by atoms with Crippen LogP contribution in [0.3, 0.4) is 0 Å². The van der Waals surface area contributed by atoms with Crippen molar-refractivity contribution in [3.63, 3.8) is 0 Å². The van der Waals surface area contributed by atoms with Crippen molar-refractivity contribution in [2.24, 2.45) is 0 Å². The van der Waals surface area contributed by atoms with Crippen LogP contribution in [-0.2, 0) is 16.2 Å². The van der Waals surface area contributed by atoms with Crippen LogP contribution in [0.25, 0.3) is 0 Å². The molecule has 1 atom stereocenters. The van der Waals surface area contributed by atoms with Crippen molar-refractivity contribution in [1.82, 2.24) is 10.5 Å². The molecule has 0 aliphatic heterocycles. The molecule has 1 unspecified atom stereocenters. The lowest BCUT2D eigenvalue weighted by Crippen LogP contribution is -2.32. The number of hydroxylamine groups is 1. The van der Waals surface area contributed by atoms with E-state index in [9.17, 15) is 4.79 Å². The van der Waals surface area contributed by atoms with Crippen LogP contribution in [0, 0.1) is 6.92 Å².